The average Bonchev–Trinajstić information content (AvgIpc) is 2.42. The molecule has 1 aliphatic heterocycles. The maximum Gasteiger partial charge on any atom is 0.223 e. The van der Waals surface area contributed by atoms with E-state index in [2.05, 4.69) is 24.1 Å². The fourth-order valence-corrected chi connectivity index (χ4v) is 3.63. The van der Waals surface area contributed by atoms with Crippen molar-refractivity contribution in [2.75, 3.05) is 19.6 Å². The molecule has 1 aliphatic carbocycles. The first-order chi connectivity index (χ1) is 9.16. The van der Waals surface area contributed by atoms with Crippen LogP contribution in [0, 0.1) is 11.8 Å². The van der Waals surface area contributed by atoms with Gasteiger partial charge < -0.3 is 10.2 Å². The second kappa shape index (κ2) is 7.28. The summed E-state index contributed by atoms with van der Waals surface area (Å²) in [6, 6.07) is 0.630. The Hall–Kier alpha value is -0.570. The first kappa shape index (κ1) is 14.8. The third-order valence-electron chi connectivity index (χ3n) is 4.89. The van der Waals surface area contributed by atoms with Gasteiger partial charge in [-0.25, -0.2) is 0 Å². The van der Waals surface area contributed by atoms with Gasteiger partial charge in [-0.3, -0.25) is 4.79 Å². The van der Waals surface area contributed by atoms with Crippen molar-refractivity contribution in [3.05, 3.63) is 0 Å². The summed E-state index contributed by atoms with van der Waals surface area (Å²) in [5.41, 5.74) is 0. The summed E-state index contributed by atoms with van der Waals surface area (Å²) in [5, 5.41) is 3.61. The van der Waals surface area contributed by atoms with Gasteiger partial charge >= 0.3 is 0 Å². The van der Waals surface area contributed by atoms with Gasteiger partial charge in [0.25, 0.3) is 0 Å². The summed E-state index contributed by atoms with van der Waals surface area (Å²) in [6.07, 6.45) is 8.30. The predicted octanol–water partition coefficient (Wildman–Crippen LogP) is 2.80. The highest BCUT2D eigenvalue weighted by Crippen LogP contribution is 2.28. The Kier molecular flexibility index (Phi) is 5.68. The average molecular weight is 266 g/mol. The van der Waals surface area contributed by atoms with Crippen molar-refractivity contribution >= 4 is 5.91 Å². The first-order valence-corrected chi connectivity index (χ1v) is 8.18. The number of hydrogen-bond acceptors (Lipinski definition) is 2. The number of likely N-dealkylation sites (tertiary alicyclic amines) is 1. The van der Waals surface area contributed by atoms with Crippen molar-refractivity contribution < 1.29 is 4.79 Å². The van der Waals surface area contributed by atoms with E-state index in [0.29, 0.717) is 18.4 Å². The maximum atomic E-state index is 12.1. The van der Waals surface area contributed by atoms with Crippen LogP contribution in [0.2, 0.25) is 0 Å². The van der Waals surface area contributed by atoms with Gasteiger partial charge in [0.15, 0.2) is 0 Å². The lowest BCUT2D eigenvalue weighted by molar-refractivity contribution is -0.132. The second-order valence-corrected chi connectivity index (χ2v) is 6.65. The summed E-state index contributed by atoms with van der Waals surface area (Å²) >= 11 is 0. The fraction of sp³-hybridized carbons (Fsp3) is 0.938. The van der Waals surface area contributed by atoms with E-state index in [1.807, 2.05) is 0 Å². The van der Waals surface area contributed by atoms with Gasteiger partial charge in [0.1, 0.15) is 0 Å². The molecule has 3 heteroatoms. The highest BCUT2D eigenvalue weighted by molar-refractivity contribution is 5.76. The van der Waals surface area contributed by atoms with E-state index < -0.39 is 0 Å². The van der Waals surface area contributed by atoms with Crippen LogP contribution in [0.4, 0.5) is 0 Å². The molecular weight excluding hydrogens is 236 g/mol. The zero-order valence-corrected chi connectivity index (χ0v) is 12.7. The summed E-state index contributed by atoms with van der Waals surface area (Å²) in [5.74, 6) is 1.99. The SMILES string of the molecule is CC1CCC(NCCC(=O)N2CCCCC2)C(C)C1. The molecule has 1 saturated heterocycles. The Bertz CT molecular complexity index is 286. The molecule has 0 aromatic rings. The first-order valence-electron chi connectivity index (χ1n) is 8.18. The van der Waals surface area contributed by atoms with E-state index in [1.165, 1.54) is 38.5 Å². The van der Waals surface area contributed by atoms with Crippen LogP contribution >= 0.6 is 0 Å². The molecule has 19 heavy (non-hydrogen) atoms. The number of amides is 1. The molecule has 0 bridgehead atoms. The van der Waals surface area contributed by atoms with E-state index >= 15 is 0 Å². The minimum absolute atomic E-state index is 0.351. The van der Waals surface area contributed by atoms with E-state index in [1.54, 1.807) is 0 Å². The van der Waals surface area contributed by atoms with E-state index in [4.69, 9.17) is 0 Å². The molecule has 0 aromatic heterocycles. The van der Waals surface area contributed by atoms with Crippen molar-refractivity contribution in [1.29, 1.82) is 0 Å². The number of carbonyl (C=O) groups excluding carboxylic acids is 1. The molecule has 0 spiro atoms. The number of nitrogens with zero attached hydrogens (tertiary/aromatic N) is 1. The minimum atomic E-state index is 0.351. The van der Waals surface area contributed by atoms with Crippen molar-refractivity contribution in [3.8, 4) is 0 Å². The van der Waals surface area contributed by atoms with Crippen LogP contribution in [-0.2, 0) is 4.79 Å². The van der Waals surface area contributed by atoms with Gasteiger partial charge in [-0.15, -0.1) is 0 Å². The normalized spacial score (nSPS) is 32.3. The van der Waals surface area contributed by atoms with E-state index in [-0.39, 0.29) is 0 Å². The monoisotopic (exact) mass is 266 g/mol. The molecule has 3 unspecified atom stereocenters. The number of rotatable bonds is 4. The molecule has 2 fully saturated rings. The molecule has 1 saturated carbocycles. The van der Waals surface area contributed by atoms with Crippen LogP contribution in [0.25, 0.3) is 0 Å². The van der Waals surface area contributed by atoms with Gasteiger partial charge in [-0.2, -0.15) is 0 Å². The van der Waals surface area contributed by atoms with Crippen molar-refractivity contribution in [1.82, 2.24) is 10.2 Å². The van der Waals surface area contributed by atoms with Crippen LogP contribution in [0.3, 0.4) is 0 Å². The van der Waals surface area contributed by atoms with Crippen LogP contribution in [0.15, 0.2) is 0 Å². The van der Waals surface area contributed by atoms with Gasteiger partial charge in [0.2, 0.25) is 5.91 Å². The van der Waals surface area contributed by atoms with Crippen molar-refractivity contribution in [2.45, 2.75) is 64.8 Å². The Morgan fingerprint density at radius 3 is 2.58 bits per heavy atom. The van der Waals surface area contributed by atoms with Gasteiger partial charge in [-0.05, 0) is 50.4 Å². The Morgan fingerprint density at radius 1 is 1.16 bits per heavy atom. The van der Waals surface area contributed by atoms with Crippen LogP contribution < -0.4 is 5.32 Å². The Balaban J connectivity index is 1.64. The van der Waals surface area contributed by atoms with Crippen LogP contribution in [0.5, 0.6) is 0 Å². The molecule has 2 aliphatic rings. The second-order valence-electron chi connectivity index (χ2n) is 6.65. The topological polar surface area (TPSA) is 32.3 Å². The number of carbonyl (C=O) groups is 1. The van der Waals surface area contributed by atoms with Crippen LogP contribution in [0.1, 0.15) is 58.8 Å². The zero-order chi connectivity index (χ0) is 13.7. The summed E-state index contributed by atoms with van der Waals surface area (Å²) in [7, 11) is 0. The Labute approximate surface area is 118 Å². The lowest BCUT2D eigenvalue weighted by Gasteiger charge is -2.33. The molecule has 3 atom stereocenters. The number of piperidine rings is 1. The van der Waals surface area contributed by atoms with Gasteiger partial charge in [0.05, 0.1) is 0 Å². The Morgan fingerprint density at radius 2 is 1.89 bits per heavy atom. The third kappa shape index (κ3) is 4.48. The lowest BCUT2D eigenvalue weighted by atomic mass is 9.80. The zero-order valence-electron chi connectivity index (χ0n) is 12.7. The molecule has 1 amide bonds. The minimum Gasteiger partial charge on any atom is -0.343 e. The maximum absolute atomic E-state index is 12.1. The molecular formula is C16H30N2O. The largest absolute Gasteiger partial charge is 0.343 e. The standard InChI is InChI=1S/C16H30N2O/c1-13-6-7-15(14(2)12-13)17-9-8-16(19)18-10-4-3-5-11-18/h13-15,17H,3-12H2,1-2H3. The highest BCUT2D eigenvalue weighted by atomic mass is 16.2. The predicted molar refractivity (Wildman–Crippen MR) is 79.0 cm³/mol. The summed E-state index contributed by atoms with van der Waals surface area (Å²) < 4.78 is 0. The molecule has 3 nitrogen and oxygen atoms in total. The fourth-order valence-electron chi connectivity index (χ4n) is 3.63. The summed E-state index contributed by atoms with van der Waals surface area (Å²) in [6.45, 7) is 7.53. The molecule has 1 N–H and O–H groups in total. The number of hydrogen-bond donors (Lipinski definition) is 1. The third-order valence-corrected chi connectivity index (χ3v) is 4.89. The van der Waals surface area contributed by atoms with Gasteiger partial charge in [-0.1, -0.05) is 13.8 Å². The van der Waals surface area contributed by atoms with E-state index in [9.17, 15) is 4.79 Å². The van der Waals surface area contributed by atoms with E-state index in [0.717, 1.165) is 31.5 Å². The molecule has 0 radical (unpaired) electrons. The van der Waals surface area contributed by atoms with Crippen LogP contribution in [-0.4, -0.2) is 36.5 Å². The number of nitrogens with one attached hydrogen (secondary N) is 1. The summed E-state index contributed by atoms with van der Waals surface area (Å²) in [4.78, 5) is 14.1. The van der Waals surface area contributed by atoms with Crippen molar-refractivity contribution in [3.63, 3.8) is 0 Å². The smallest absolute Gasteiger partial charge is 0.223 e. The quantitative estimate of drug-likeness (QED) is 0.848. The molecule has 110 valence electrons. The molecule has 0 aromatic carbocycles. The lowest BCUT2D eigenvalue weighted by Crippen LogP contribution is -2.42. The highest BCUT2D eigenvalue weighted by Gasteiger charge is 2.25. The van der Waals surface area contributed by atoms with Crippen molar-refractivity contribution in [2.24, 2.45) is 11.8 Å². The molecule has 2 rings (SSSR count). The van der Waals surface area contributed by atoms with Gasteiger partial charge in [0, 0.05) is 32.1 Å². The molecule has 1 heterocycles.